The average molecular weight is 303 g/mol. The Hall–Kier alpha value is -1.86. The lowest BCUT2D eigenvalue weighted by molar-refractivity contribution is -0.529. The Labute approximate surface area is 122 Å². The van der Waals surface area contributed by atoms with Gasteiger partial charge in [-0.25, -0.2) is 0 Å². The normalized spacial score (nSPS) is 15.9. The molecule has 110 valence electrons. The van der Waals surface area contributed by atoms with Gasteiger partial charge in [0.15, 0.2) is 0 Å². The molecular formula is C12H17ClN3O4+. The predicted octanol–water partition coefficient (Wildman–Crippen LogP) is 0.711. The zero-order valence-electron chi connectivity index (χ0n) is 11.0. The number of halogens is 1. The van der Waals surface area contributed by atoms with E-state index in [-0.39, 0.29) is 24.9 Å². The van der Waals surface area contributed by atoms with Gasteiger partial charge in [-0.1, -0.05) is 0 Å². The first kappa shape index (κ1) is 16.2. The highest BCUT2D eigenvalue weighted by Gasteiger charge is 2.40. The molecule has 1 heterocycles. The zero-order valence-corrected chi connectivity index (χ0v) is 11.8. The summed E-state index contributed by atoms with van der Waals surface area (Å²) in [7, 11) is 1.55. The van der Waals surface area contributed by atoms with Crippen molar-refractivity contribution in [3.05, 3.63) is 23.1 Å². The number of carbonyl (C=O) groups is 1. The van der Waals surface area contributed by atoms with Crippen LogP contribution in [0.5, 0.6) is 11.5 Å². The van der Waals surface area contributed by atoms with Crippen LogP contribution in [0.1, 0.15) is 6.42 Å². The van der Waals surface area contributed by atoms with Crippen molar-refractivity contribution in [3.8, 4) is 11.5 Å². The third-order valence-corrected chi connectivity index (χ3v) is 2.83. The summed E-state index contributed by atoms with van der Waals surface area (Å²) in [5.41, 5.74) is 5.63. The van der Waals surface area contributed by atoms with Crippen LogP contribution in [0, 0.1) is 4.91 Å². The van der Waals surface area contributed by atoms with E-state index in [1.807, 2.05) is 0 Å². The lowest BCUT2D eigenvalue weighted by Gasteiger charge is -2.04. The molecule has 2 rings (SSSR count). The fourth-order valence-corrected chi connectivity index (χ4v) is 1.83. The van der Waals surface area contributed by atoms with Crippen LogP contribution in [0.25, 0.3) is 0 Å². The first-order chi connectivity index (χ1) is 9.15. The Kier molecular flexibility index (Phi) is 5.72. The monoisotopic (exact) mass is 302 g/mol. The van der Waals surface area contributed by atoms with E-state index in [0.29, 0.717) is 30.2 Å². The van der Waals surface area contributed by atoms with Crippen LogP contribution < -0.4 is 20.5 Å². The van der Waals surface area contributed by atoms with Crippen LogP contribution in [-0.4, -0.2) is 37.1 Å². The van der Waals surface area contributed by atoms with Gasteiger partial charge in [-0.15, -0.1) is 12.4 Å². The van der Waals surface area contributed by atoms with E-state index < -0.39 is 6.23 Å². The number of hydrogen-bond donors (Lipinski definition) is 2. The van der Waals surface area contributed by atoms with Gasteiger partial charge in [0.1, 0.15) is 5.75 Å². The van der Waals surface area contributed by atoms with Gasteiger partial charge >= 0.3 is 11.9 Å². The molecule has 1 aliphatic heterocycles. The van der Waals surface area contributed by atoms with Gasteiger partial charge in [-0.2, -0.15) is 0 Å². The highest BCUT2D eigenvalue weighted by molar-refractivity contribution is 5.85. The van der Waals surface area contributed by atoms with Crippen molar-refractivity contribution in [2.75, 3.05) is 20.2 Å². The van der Waals surface area contributed by atoms with Crippen molar-refractivity contribution in [3.63, 3.8) is 0 Å². The largest absolute Gasteiger partial charge is 0.497 e. The van der Waals surface area contributed by atoms with Gasteiger partial charge in [-0.05, 0) is 6.07 Å². The molecule has 0 bridgehead atoms. The van der Waals surface area contributed by atoms with Crippen LogP contribution in [0.3, 0.4) is 0 Å². The van der Waals surface area contributed by atoms with Crippen LogP contribution in [0.15, 0.2) is 18.2 Å². The SMILES string of the molecule is COc1ccc2c(c1)OC(CCNC(=O)CN)[N+]2=O.Cl. The number of methoxy groups -OCH3 is 1. The first-order valence-corrected chi connectivity index (χ1v) is 5.93. The van der Waals surface area contributed by atoms with E-state index in [1.54, 1.807) is 25.3 Å². The number of hydrogen-bond acceptors (Lipinski definition) is 5. The van der Waals surface area contributed by atoms with Crippen molar-refractivity contribution >= 4 is 24.0 Å². The summed E-state index contributed by atoms with van der Waals surface area (Å²) in [5.74, 6) is 0.864. The minimum absolute atomic E-state index is 0. The Morgan fingerprint density at radius 1 is 1.55 bits per heavy atom. The first-order valence-electron chi connectivity index (χ1n) is 5.93. The second-order valence-corrected chi connectivity index (χ2v) is 4.07. The second kappa shape index (κ2) is 7.06. The second-order valence-electron chi connectivity index (χ2n) is 4.07. The van der Waals surface area contributed by atoms with Crippen LogP contribution in [0.4, 0.5) is 5.69 Å². The summed E-state index contributed by atoms with van der Waals surface area (Å²) < 4.78 is 11.4. The fraction of sp³-hybridized carbons (Fsp3) is 0.417. The Balaban J connectivity index is 0.00000200. The number of ether oxygens (including phenoxy) is 2. The summed E-state index contributed by atoms with van der Waals surface area (Å²) in [6.45, 7) is 0.272. The van der Waals surface area contributed by atoms with Gasteiger partial charge in [0.2, 0.25) is 11.7 Å². The summed E-state index contributed by atoms with van der Waals surface area (Å²) in [6.07, 6.45) is -0.258. The third kappa shape index (κ3) is 3.37. The van der Waals surface area contributed by atoms with Crippen LogP contribution in [0.2, 0.25) is 0 Å². The molecule has 1 atom stereocenters. The molecule has 0 saturated heterocycles. The van der Waals surface area contributed by atoms with Gasteiger partial charge in [0.05, 0.1) is 24.8 Å². The number of amides is 1. The maximum atomic E-state index is 12.0. The van der Waals surface area contributed by atoms with Gasteiger partial charge in [0, 0.05) is 23.6 Å². The van der Waals surface area contributed by atoms with E-state index in [1.165, 1.54) is 0 Å². The molecule has 7 nitrogen and oxygen atoms in total. The number of nitrogens with two attached hydrogens (primary N) is 1. The van der Waals surface area contributed by atoms with E-state index in [4.69, 9.17) is 15.2 Å². The van der Waals surface area contributed by atoms with Crippen LogP contribution >= 0.6 is 12.4 Å². The zero-order chi connectivity index (χ0) is 13.8. The molecule has 1 aliphatic rings. The van der Waals surface area contributed by atoms with E-state index in [0.717, 1.165) is 4.76 Å². The molecule has 0 saturated carbocycles. The lowest BCUT2D eigenvalue weighted by atomic mass is 10.3. The minimum atomic E-state index is -0.639. The summed E-state index contributed by atoms with van der Waals surface area (Å²) in [6, 6.07) is 5.02. The number of rotatable bonds is 5. The number of benzene rings is 1. The molecular weight excluding hydrogens is 286 g/mol. The van der Waals surface area contributed by atoms with Crippen molar-refractivity contribution in [1.29, 1.82) is 0 Å². The number of fused-ring (bicyclic) bond motifs is 1. The number of nitrogens with zero attached hydrogens (tertiary/aromatic N) is 1. The Bertz CT molecular complexity index is 509. The molecule has 0 aliphatic carbocycles. The lowest BCUT2D eigenvalue weighted by Crippen LogP contribution is -2.34. The van der Waals surface area contributed by atoms with Gasteiger partial charge in [-0.3, -0.25) is 4.79 Å². The van der Waals surface area contributed by atoms with E-state index >= 15 is 0 Å². The van der Waals surface area contributed by atoms with Crippen LogP contribution in [-0.2, 0) is 4.79 Å². The smallest absolute Gasteiger partial charge is 0.352 e. The molecule has 1 aromatic carbocycles. The summed E-state index contributed by atoms with van der Waals surface area (Å²) in [5, 5.41) is 2.59. The molecule has 0 fully saturated rings. The maximum Gasteiger partial charge on any atom is 0.352 e. The topological polar surface area (TPSA) is 93.7 Å². The Morgan fingerprint density at radius 3 is 2.95 bits per heavy atom. The maximum absolute atomic E-state index is 12.0. The predicted molar refractivity (Wildman–Crippen MR) is 74.6 cm³/mol. The van der Waals surface area contributed by atoms with Crippen molar-refractivity contribution in [2.45, 2.75) is 12.6 Å². The highest BCUT2D eigenvalue weighted by atomic mass is 35.5. The molecule has 0 spiro atoms. The molecule has 3 N–H and O–H groups in total. The van der Waals surface area contributed by atoms with Gasteiger partial charge in [0.25, 0.3) is 0 Å². The number of nitrogens with one attached hydrogen (secondary N) is 1. The Morgan fingerprint density at radius 2 is 2.30 bits per heavy atom. The highest BCUT2D eigenvalue weighted by Crippen LogP contribution is 2.38. The van der Waals surface area contributed by atoms with E-state index in [9.17, 15) is 9.70 Å². The fourth-order valence-electron chi connectivity index (χ4n) is 1.83. The minimum Gasteiger partial charge on any atom is -0.497 e. The molecule has 0 radical (unpaired) electrons. The van der Waals surface area contributed by atoms with Crippen molar-refractivity contribution < 1.29 is 19.0 Å². The quantitative estimate of drug-likeness (QED) is 0.781. The molecule has 0 aromatic heterocycles. The number of nitroso groups, excluding NO2 is 1. The summed E-state index contributed by atoms with van der Waals surface area (Å²) >= 11 is 0. The van der Waals surface area contributed by atoms with Gasteiger partial charge < -0.3 is 20.5 Å². The van der Waals surface area contributed by atoms with Crippen molar-refractivity contribution in [2.24, 2.45) is 5.73 Å². The molecule has 1 unspecified atom stereocenters. The number of carbonyl (C=O) groups excluding carboxylic acids is 1. The molecule has 8 heteroatoms. The molecule has 1 amide bonds. The van der Waals surface area contributed by atoms with E-state index in [2.05, 4.69) is 5.32 Å². The summed E-state index contributed by atoms with van der Waals surface area (Å²) in [4.78, 5) is 22.9. The standard InChI is InChI=1S/C12H15N3O4.ClH/c1-18-8-2-3-9-10(6-8)19-12(15(9)17)4-5-14-11(16)7-13;/h2-3,6,12H,4-5,7,13H2,1H3;1H/p+1. The molecule has 1 aromatic rings. The average Bonchev–Trinajstić information content (AvgIpc) is 2.74. The van der Waals surface area contributed by atoms with Crippen molar-refractivity contribution in [1.82, 2.24) is 5.32 Å². The third-order valence-electron chi connectivity index (χ3n) is 2.83. The molecule has 20 heavy (non-hydrogen) atoms.